The summed E-state index contributed by atoms with van der Waals surface area (Å²) in [6.07, 6.45) is 5.24. The molecule has 29 heavy (non-hydrogen) atoms. The number of aromatic nitrogens is 5. The van der Waals surface area contributed by atoms with Crippen molar-refractivity contribution in [1.82, 2.24) is 24.3 Å². The molecule has 5 rings (SSSR count). The average Bonchev–Trinajstić information content (AvgIpc) is 3.38. The molecule has 0 spiro atoms. The SMILES string of the molecule is CS(=O)(=O)c1nn(Cc2nc3cc(Cl)ccc3n2C2CCOC2)c2cnccc12. The van der Waals surface area contributed by atoms with Crippen LogP contribution in [-0.4, -0.2) is 52.2 Å². The third-order valence-corrected chi connectivity index (χ3v) is 6.40. The Kier molecular flexibility index (Phi) is 4.34. The molecule has 10 heteroatoms. The van der Waals surface area contributed by atoms with Gasteiger partial charge in [-0.1, -0.05) is 11.6 Å². The monoisotopic (exact) mass is 431 g/mol. The van der Waals surface area contributed by atoms with Crippen LogP contribution in [0.25, 0.3) is 21.9 Å². The van der Waals surface area contributed by atoms with Gasteiger partial charge in [0.15, 0.2) is 14.9 Å². The van der Waals surface area contributed by atoms with E-state index in [4.69, 9.17) is 21.3 Å². The molecule has 1 unspecified atom stereocenters. The number of ether oxygens (including phenoxy) is 1. The van der Waals surface area contributed by atoms with E-state index in [2.05, 4.69) is 14.6 Å². The standard InChI is InChI=1S/C19H18ClN5O3S/c1-29(26,27)19-14-4-6-21-9-17(14)24(23-19)10-18-22-15-8-12(20)2-3-16(15)25(18)13-5-7-28-11-13/h2-4,6,8-9,13H,5,7,10-11H2,1H3. The molecule has 1 fully saturated rings. The van der Waals surface area contributed by atoms with E-state index in [-0.39, 0.29) is 11.1 Å². The summed E-state index contributed by atoms with van der Waals surface area (Å²) >= 11 is 6.17. The molecule has 0 N–H and O–H groups in total. The van der Waals surface area contributed by atoms with Crippen molar-refractivity contribution >= 4 is 43.4 Å². The number of nitrogens with zero attached hydrogens (tertiary/aromatic N) is 5. The first-order valence-electron chi connectivity index (χ1n) is 9.16. The highest BCUT2D eigenvalue weighted by Crippen LogP contribution is 2.30. The van der Waals surface area contributed by atoms with Gasteiger partial charge >= 0.3 is 0 Å². The Morgan fingerprint density at radius 1 is 1.28 bits per heavy atom. The van der Waals surface area contributed by atoms with Crippen LogP contribution in [0.5, 0.6) is 0 Å². The number of hydrogen-bond acceptors (Lipinski definition) is 6. The molecule has 4 aromatic rings. The van der Waals surface area contributed by atoms with Crippen LogP contribution in [0.2, 0.25) is 5.02 Å². The first-order chi connectivity index (χ1) is 13.9. The van der Waals surface area contributed by atoms with Crippen molar-refractivity contribution in [3.8, 4) is 0 Å². The van der Waals surface area contributed by atoms with Gasteiger partial charge in [-0.25, -0.2) is 13.4 Å². The van der Waals surface area contributed by atoms with Crippen molar-refractivity contribution in [2.24, 2.45) is 0 Å². The maximum atomic E-state index is 12.2. The lowest BCUT2D eigenvalue weighted by molar-refractivity contribution is 0.186. The predicted octanol–water partition coefficient (Wildman–Crippen LogP) is 2.85. The van der Waals surface area contributed by atoms with Gasteiger partial charge in [-0.2, -0.15) is 5.10 Å². The number of halogens is 1. The van der Waals surface area contributed by atoms with Crippen LogP contribution in [0.3, 0.4) is 0 Å². The van der Waals surface area contributed by atoms with Crippen LogP contribution in [0.15, 0.2) is 41.7 Å². The Morgan fingerprint density at radius 3 is 2.90 bits per heavy atom. The van der Waals surface area contributed by atoms with E-state index in [0.29, 0.717) is 35.7 Å². The van der Waals surface area contributed by atoms with Crippen molar-refractivity contribution < 1.29 is 13.2 Å². The number of rotatable bonds is 4. The summed E-state index contributed by atoms with van der Waals surface area (Å²) < 4.78 is 33.8. The van der Waals surface area contributed by atoms with Crippen molar-refractivity contribution in [2.45, 2.75) is 24.0 Å². The zero-order valence-corrected chi connectivity index (χ0v) is 17.2. The smallest absolute Gasteiger partial charge is 0.195 e. The number of pyridine rings is 1. The quantitative estimate of drug-likeness (QED) is 0.493. The summed E-state index contributed by atoms with van der Waals surface area (Å²) in [6, 6.07) is 7.46. The number of sulfone groups is 1. The zero-order chi connectivity index (χ0) is 20.2. The number of fused-ring (bicyclic) bond motifs is 2. The lowest BCUT2D eigenvalue weighted by Crippen LogP contribution is -2.15. The third-order valence-electron chi connectivity index (χ3n) is 5.16. The molecule has 150 valence electrons. The second kappa shape index (κ2) is 6.79. The number of hydrogen-bond donors (Lipinski definition) is 0. The normalized spacial score (nSPS) is 17.5. The van der Waals surface area contributed by atoms with Crippen molar-refractivity contribution in [2.75, 3.05) is 19.5 Å². The second-order valence-corrected chi connectivity index (χ2v) is 9.54. The average molecular weight is 432 g/mol. The van der Waals surface area contributed by atoms with Crippen LogP contribution in [-0.2, 0) is 21.1 Å². The van der Waals surface area contributed by atoms with Crippen molar-refractivity contribution in [1.29, 1.82) is 0 Å². The highest BCUT2D eigenvalue weighted by molar-refractivity contribution is 7.90. The first-order valence-corrected chi connectivity index (χ1v) is 11.4. The molecule has 1 aliphatic heterocycles. The molecule has 0 radical (unpaired) electrons. The first kappa shape index (κ1) is 18.5. The molecule has 1 aliphatic rings. The van der Waals surface area contributed by atoms with Gasteiger partial charge in [-0.05, 0) is 30.7 Å². The van der Waals surface area contributed by atoms with Gasteiger partial charge in [0.05, 0.1) is 41.9 Å². The predicted molar refractivity (Wildman–Crippen MR) is 109 cm³/mol. The van der Waals surface area contributed by atoms with E-state index in [0.717, 1.165) is 29.5 Å². The molecule has 1 aromatic carbocycles. The summed E-state index contributed by atoms with van der Waals surface area (Å²) in [4.78, 5) is 8.93. The van der Waals surface area contributed by atoms with E-state index < -0.39 is 9.84 Å². The lowest BCUT2D eigenvalue weighted by atomic mass is 10.2. The maximum absolute atomic E-state index is 12.2. The van der Waals surface area contributed by atoms with Gasteiger partial charge in [0.1, 0.15) is 5.82 Å². The Labute approximate surface area is 172 Å². The third kappa shape index (κ3) is 3.19. The Bertz CT molecular complexity index is 1340. The molecule has 0 aliphatic carbocycles. The summed E-state index contributed by atoms with van der Waals surface area (Å²) in [7, 11) is -3.48. The number of imidazole rings is 1. The van der Waals surface area contributed by atoms with Gasteiger partial charge in [0, 0.05) is 29.5 Å². The fraction of sp³-hybridized carbons (Fsp3) is 0.316. The minimum absolute atomic E-state index is 0.0461. The summed E-state index contributed by atoms with van der Waals surface area (Å²) in [5, 5.41) is 5.60. The molecule has 4 heterocycles. The largest absolute Gasteiger partial charge is 0.379 e. The molecule has 0 bridgehead atoms. The van der Waals surface area contributed by atoms with Crippen LogP contribution >= 0.6 is 11.6 Å². The van der Waals surface area contributed by atoms with Crippen LogP contribution in [0.1, 0.15) is 18.3 Å². The molecule has 3 aromatic heterocycles. The molecule has 1 saturated heterocycles. The van der Waals surface area contributed by atoms with E-state index in [1.165, 1.54) is 0 Å². The van der Waals surface area contributed by atoms with E-state index in [1.54, 1.807) is 23.1 Å². The Balaban J connectivity index is 1.69. The van der Waals surface area contributed by atoms with Gasteiger partial charge in [-0.3, -0.25) is 9.67 Å². The van der Waals surface area contributed by atoms with Gasteiger partial charge in [-0.15, -0.1) is 0 Å². The maximum Gasteiger partial charge on any atom is 0.195 e. The zero-order valence-electron chi connectivity index (χ0n) is 15.6. The molecular formula is C19H18ClN5O3S. The van der Waals surface area contributed by atoms with Crippen molar-refractivity contribution in [3.63, 3.8) is 0 Å². The molecule has 8 nitrogen and oxygen atoms in total. The van der Waals surface area contributed by atoms with E-state index in [9.17, 15) is 8.42 Å². The molecule has 0 amide bonds. The summed E-state index contributed by atoms with van der Waals surface area (Å²) in [6.45, 7) is 1.61. The van der Waals surface area contributed by atoms with Crippen LogP contribution < -0.4 is 0 Å². The minimum atomic E-state index is -3.48. The van der Waals surface area contributed by atoms with E-state index >= 15 is 0 Å². The fourth-order valence-corrected chi connectivity index (χ4v) is 4.87. The lowest BCUT2D eigenvalue weighted by Gasteiger charge is -2.15. The molecular weight excluding hydrogens is 414 g/mol. The molecule has 0 saturated carbocycles. The molecule has 1 atom stereocenters. The fourth-order valence-electron chi connectivity index (χ4n) is 3.88. The Hall–Kier alpha value is -2.49. The minimum Gasteiger partial charge on any atom is -0.379 e. The van der Waals surface area contributed by atoms with Crippen LogP contribution in [0, 0.1) is 0 Å². The van der Waals surface area contributed by atoms with Crippen LogP contribution in [0.4, 0.5) is 0 Å². The summed E-state index contributed by atoms with van der Waals surface area (Å²) in [5.74, 6) is 0.770. The second-order valence-electron chi connectivity index (χ2n) is 7.18. The van der Waals surface area contributed by atoms with E-state index in [1.807, 2.05) is 18.2 Å². The topological polar surface area (TPSA) is 91.9 Å². The van der Waals surface area contributed by atoms with Gasteiger partial charge < -0.3 is 9.30 Å². The number of benzene rings is 1. The Morgan fingerprint density at radius 2 is 2.14 bits per heavy atom. The van der Waals surface area contributed by atoms with Gasteiger partial charge in [0.25, 0.3) is 0 Å². The summed E-state index contributed by atoms with van der Waals surface area (Å²) in [5.41, 5.74) is 2.40. The highest BCUT2D eigenvalue weighted by Gasteiger charge is 2.25. The highest BCUT2D eigenvalue weighted by atomic mass is 35.5. The van der Waals surface area contributed by atoms with Crippen molar-refractivity contribution in [3.05, 3.63) is 47.5 Å². The van der Waals surface area contributed by atoms with Gasteiger partial charge in [0.2, 0.25) is 0 Å².